The molecule has 0 bridgehead atoms. The summed E-state index contributed by atoms with van der Waals surface area (Å²) < 4.78 is 0. The third-order valence-corrected chi connectivity index (χ3v) is 2.06. The number of aliphatic carboxylic acids is 1. The van der Waals surface area contributed by atoms with E-state index in [9.17, 15) is 4.79 Å². The standard InChI is InChI=1S/C10H15NO2/c1-2-3-6-11-7-4-9(5-8-11)10(12)13/h4-5,7H,2-3,6,8H2,1H3,(H,12,13). The lowest BCUT2D eigenvalue weighted by atomic mass is 10.2. The van der Waals surface area contributed by atoms with E-state index in [0.717, 1.165) is 19.5 Å². The Bertz CT molecular complexity index is 243. The molecule has 72 valence electrons. The molecule has 0 aromatic carbocycles. The third kappa shape index (κ3) is 2.93. The Hall–Kier alpha value is -1.25. The second-order valence-electron chi connectivity index (χ2n) is 3.13. The van der Waals surface area contributed by atoms with E-state index in [2.05, 4.69) is 11.8 Å². The molecule has 0 spiro atoms. The summed E-state index contributed by atoms with van der Waals surface area (Å²) in [6.45, 7) is 3.88. The number of carboxylic acids is 1. The van der Waals surface area contributed by atoms with Crippen molar-refractivity contribution in [3.8, 4) is 0 Å². The van der Waals surface area contributed by atoms with Gasteiger partial charge in [0.25, 0.3) is 0 Å². The van der Waals surface area contributed by atoms with Gasteiger partial charge in [-0.2, -0.15) is 0 Å². The number of unbranched alkanes of at least 4 members (excludes halogenated alkanes) is 1. The van der Waals surface area contributed by atoms with Gasteiger partial charge in [0.15, 0.2) is 0 Å². The highest BCUT2D eigenvalue weighted by Gasteiger charge is 2.08. The summed E-state index contributed by atoms with van der Waals surface area (Å²) in [4.78, 5) is 12.7. The van der Waals surface area contributed by atoms with Gasteiger partial charge in [-0.15, -0.1) is 0 Å². The zero-order chi connectivity index (χ0) is 9.68. The van der Waals surface area contributed by atoms with Crippen LogP contribution in [-0.2, 0) is 4.79 Å². The Kier molecular flexibility index (Phi) is 3.55. The maximum absolute atomic E-state index is 10.5. The number of hydrogen-bond acceptors (Lipinski definition) is 2. The van der Waals surface area contributed by atoms with Crippen LogP contribution in [0, 0.1) is 0 Å². The minimum absolute atomic E-state index is 0.396. The Morgan fingerprint density at radius 2 is 2.46 bits per heavy atom. The van der Waals surface area contributed by atoms with Crippen LogP contribution in [0.5, 0.6) is 0 Å². The lowest BCUT2D eigenvalue weighted by molar-refractivity contribution is -0.132. The average Bonchev–Trinajstić information content (AvgIpc) is 2.15. The molecule has 3 nitrogen and oxygen atoms in total. The first kappa shape index (κ1) is 9.84. The molecule has 0 amide bonds. The van der Waals surface area contributed by atoms with Crippen molar-refractivity contribution < 1.29 is 9.90 Å². The van der Waals surface area contributed by atoms with Crippen LogP contribution < -0.4 is 0 Å². The Morgan fingerprint density at radius 3 is 2.92 bits per heavy atom. The zero-order valence-electron chi connectivity index (χ0n) is 7.86. The average molecular weight is 181 g/mol. The van der Waals surface area contributed by atoms with Gasteiger partial charge in [-0.25, -0.2) is 4.79 Å². The molecule has 1 aliphatic rings. The summed E-state index contributed by atoms with van der Waals surface area (Å²) in [5.41, 5.74) is 0.396. The Balaban J connectivity index is 2.39. The number of carbonyl (C=O) groups is 1. The van der Waals surface area contributed by atoms with Gasteiger partial charge in [0, 0.05) is 19.3 Å². The van der Waals surface area contributed by atoms with Gasteiger partial charge in [0.2, 0.25) is 0 Å². The van der Waals surface area contributed by atoms with Crippen molar-refractivity contribution in [2.45, 2.75) is 19.8 Å². The van der Waals surface area contributed by atoms with E-state index < -0.39 is 5.97 Å². The summed E-state index contributed by atoms with van der Waals surface area (Å²) in [6, 6.07) is 0. The molecule has 0 aromatic heterocycles. The fraction of sp³-hybridized carbons (Fsp3) is 0.500. The van der Waals surface area contributed by atoms with Crippen LogP contribution in [0.4, 0.5) is 0 Å². The van der Waals surface area contributed by atoms with Gasteiger partial charge >= 0.3 is 5.97 Å². The van der Waals surface area contributed by atoms with Crippen LogP contribution in [0.3, 0.4) is 0 Å². The second kappa shape index (κ2) is 4.70. The van der Waals surface area contributed by atoms with E-state index in [-0.39, 0.29) is 0 Å². The molecule has 13 heavy (non-hydrogen) atoms. The maximum Gasteiger partial charge on any atom is 0.335 e. The highest BCUT2D eigenvalue weighted by atomic mass is 16.4. The van der Waals surface area contributed by atoms with Crippen LogP contribution in [0.1, 0.15) is 19.8 Å². The molecule has 1 aliphatic heterocycles. The fourth-order valence-electron chi connectivity index (χ4n) is 1.22. The van der Waals surface area contributed by atoms with Crippen LogP contribution in [-0.4, -0.2) is 29.1 Å². The predicted molar refractivity (Wildman–Crippen MR) is 51.3 cm³/mol. The van der Waals surface area contributed by atoms with Crippen molar-refractivity contribution in [2.24, 2.45) is 0 Å². The maximum atomic E-state index is 10.5. The Labute approximate surface area is 78.4 Å². The van der Waals surface area contributed by atoms with E-state index in [1.807, 2.05) is 6.20 Å². The van der Waals surface area contributed by atoms with E-state index in [1.165, 1.54) is 6.42 Å². The lowest BCUT2D eigenvalue weighted by Gasteiger charge is -2.21. The number of carboxylic acid groups (broad SMARTS) is 1. The van der Waals surface area contributed by atoms with Crippen LogP contribution in [0.15, 0.2) is 23.9 Å². The molecule has 0 atom stereocenters. The molecule has 0 unspecified atom stereocenters. The summed E-state index contributed by atoms with van der Waals surface area (Å²) in [7, 11) is 0. The number of rotatable bonds is 4. The normalized spacial score (nSPS) is 15.8. The summed E-state index contributed by atoms with van der Waals surface area (Å²) >= 11 is 0. The van der Waals surface area contributed by atoms with Crippen molar-refractivity contribution >= 4 is 5.97 Å². The van der Waals surface area contributed by atoms with E-state index in [0.29, 0.717) is 5.57 Å². The van der Waals surface area contributed by atoms with Gasteiger partial charge in [0.05, 0.1) is 5.57 Å². The second-order valence-corrected chi connectivity index (χ2v) is 3.13. The van der Waals surface area contributed by atoms with Crippen molar-refractivity contribution in [3.63, 3.8) is 0 Å². The minimum Gasteiger partial charge on any atom is -0.478 e. The van der Waals surface area contributed by atoms with Crippen molar-refractivity contribution in [1.82, 2.24) is 4.90 Å². The first-order valence-electron chi connectivity index (χ1n) is 4.59. The molecule has 1 N–H and O–H groups in total. The Morgan fingerprint density at radius 1 is 1.69 bits per heavy atom. The van der Waals surface area contributed by atoms with Crippen molar-refractivity contribution in [2.75, 3.05) is 13.1 Å². The van der Waals surface area contributed by atoms with Gasteiger partial charge in [-0.05, 0) is 12.5 Å². The van der Waals surface area contributed by atoms with E-state index in [1.54, 1.807) is 12.2 Å². The topological polar surface area (TPSA) is 40.5 Å². The number of nitrogens with zero attached hydrogens (tertiary/aromatic N) is 1. The van der Waals surface area contributed by atoms with Crippen molar-refractivity contribution in [3.05, 3.63) is 23.9 Å². The SMILES string of the molecule is CCCCN1C=CC(C(=O)O)=CC1. The molecule has 0 aromatic rings. The summed E-state index contributed by atoms with van der Waals surface area (Å²) in [6.07, 6.45) is 7.58. The van der Waals surface area contributed by atoms with Crippen LogP contribution in [0.25, 0.3) is 0 Å². The minimum atomic E-state index is -0.841. The fourth-order valence-corrected chi connectivity index (χ4v) is 1.22. The monoisotopic (exact) mass is 181 g/mol. The van der Waals surface area contributed by atoms with Crippen LogP contribution in [0.2, 0.25) is 0 Å². The molecule has 1 rings (SSSR count). The highest BCUT2D eigenvalue weighted by Crippen LogP contribution is 2.07. The zero-order valence-corrected chi connectivity index (χ0v) is 7.86. The molecule has 1 heterocycles. The molecule has 0 aliphatic carbocycles. The van der Waals surface area contributed by atoms with E-state index in [4.69, 9.17) is 5.11 Å². The first-order chi connectivity index (χ1) is 6.24. The van der Waals surface area contributed by atoms with Crippen LogP contribution >= 0.6 is 0 Å². The quantitative estimate of drug-likeness (QED) is 0.716. The molecule has 0 fully saturated rings. The van der Waals surface area contributed by atoms with Gasteiger partial charge in [-0.1, -0.05) is 19.4 Å². The smallest absolute Gasteiger partial charge is 0.335 e. The molecular weight excluding hydrogens is 166 g/mol. The van der Waals surface area contributed by atoms with Crippen molar-refractivity contribution in [1.29, 1.82) is 0 Å². The molecule has 3 heteroatoms. The van der Waals surface area contributed by atoms with Gasteiger partial charge in [-0.3, -0.25) is 0 Å². The summed E-state index contributed by atoms with van der Waals surface area (Å²) in [5, 5.41) is 8.66. The summed E-state index contributed by atoms with van der Waals surface area (Å²) in [5.74, 6) is -0.841. The number of hydrogen-bond donors (Lipinski definition) is 1. The van der Waals surface area contributed by atoms with Gasteiger partial charge in [0.1, 0.15) is 0 Å². The first-order valence-corrected chi connectivity index (χ1v) is 4.59. The predicted octanol–water partition coefficient (Wildman–Crippen LogP) is 1.63. The molecule has 0 radical (unpaired) electrons. The van der Waals surface area contributed by atoms with E-state index >= 15 is 0 Å². The molecule has 0 saturated heterocycles. The third-order valence-electron chi connectivity index (χ3n) is 2.06. The largest absolute Gasteiger partial charge is 0.478 e. The highest BCUT2D eigenvalue weighted by molar-refractivity contribution is 5.90. The molecular formula is C10H15NO2. The molecule has 0 saturated carbocycles. The lowest BCUT2D eigenvalue weighted by Crippen LogP contribution is -2.22. The van der Waals surface area contributed by atoms with Gasteiger partial charge < -0.3 is 10.0 Å².